The van der Waals surface area contributed by atoms with Crippen molar-refractivity contribution in [2.24, 2.45) is 4.99 Å². The maximum atomic E-state index is 13.0. The van der Waals surface area contributed by atoms with E-state index < -0.39 is 20.2 Å². The van der Waals surface area contributed by atoms with Crippen LogP contribution in [0.1, 0.15) is 13.8 Å². The second-order valence-electron chi connectivity index (χ2n) is 6.23. The summed E-state index contributed by atoms with van der Waals surface area (Å²) in [6.45, 7) is 4.76. The maximum Gasteiger partial charge on any atom is 0.501 e. The van der Waals surface area contributed by atoms with Gasteiger partial charge >= 0.3 is 5.51 Å². The number of anilines is 2. The minimum Gasteiger partial charge on any atom is -0.326 e. The SMILES string of the molecule is CCN1C(=CC=Nc2ccccc2)N(CC)c2cc(S(=O)(=O)C(F)(F)F)ccc21.I. The highest BCUT2D eigenvalue weighted by Gasteiger charge is 2.47. The van der Waals surface area contributed by atoms with Crippen LogP contribution in [0.15, 0.2) is 70.3 Å². The number of para-hydroxylation sites is 1. The van der Waals surface area contributed by atoms with E-state index in [-0.39, 0.29) is 24.0 Å². The van der Waals surface area contributed by atoms with Crippen LogP contribution in [0, 0.1) is 0 Å². The topological polar surface area (TPSA) is 53.0 Å². The first-order valence-electron chi connectivity index (χ1n) is 9.00. The molecule has 1 aliphatic rings. The summed E-state index contributed by atoms with van der Waals surface area (Å²) in [4.78, 5) is 7.27. The number of sulfone groups is 1. The molecule has 0 atom stereocenters. The second-order valence-corrected chi connectivity index (χ2v) is 8.17. The van der Waals surface area contributed by atoms with Gasteiger partial charge < -0.3 is 9.80 Å². The molecule has 0 unspecified atom stereocenters. The molecule has 0 fully saturated rings. The number of rotatable bonds is 5. The molecule has 3 rings (SSSR count). The third-order valence-electron chi connectivity index (χ3n) is 4.53. The first-order valence-corrected chi connectivity index (χ1v) is 10.5. The van der Waals surface area contributed by atoms with Crippen molar-refractivity contribution < 1.29 is 21.6 Å². The molecule has 0 saturated heterocycles. The molecular weight excluding hydrogens is 530 g/mol. The Morgan fingerprint density at radius 1 is 0.967 bits per heavy atom. The number of halogens is 4. The molecule has 0 radical (unpaired) electrons. The minimum absolute atomic E-state index is 0. The fraction of sp³-hybridized carbons (Fsp3) is 0.250. The fourth-order valence-corrected chi connectivity index (χ4v) is 3.97. The Kier molecular flexibility index (Phi) is 7.56. The van der Waals surface area contributed by atoms with Crippen LogP contribution in [0.3, 0.4) is 0 Å². The average Bonchev–Trinajstić information content (AvgIpc) is 2.99. The average molecular weight is 551 g/mol. The maximum absolute atomic E-state index is 13.0. The molecule has 1 heterocycles. The summed E-state index contributed by atoms with van der Waals surface area (Å²) in [6, 6.07) is 12.8. The highest BCUT2D eigenvalue weighted by atomic mass is 127. The van der Waals surface area contributed by atoms with Crippen LogP contribution in [0.2, 0.25) is 0 Å². The van der Waals surface area contributed by atoms with Crippen molar-refractivity contribution in [2.75, 3.05) is 22.9 Å². The Bertz CT molecular complexity index is 1050. The zero-order valence-electron chi connectivity index (χ0n) is 16.3. The third kappa shape index (κ3) is 4.48. The van der Waals surface area contributed by atoms with E-state index in [0.29, 0.717) is 30.3 Å². The highest BCUT2D eigenvalue weighted by Crippen LogP contribution is 2.43. The summed E-state index contributed by atoms with van der Waals surface area (Å²) >= 11 is 0. The van der Waals surface area contributed by atoms with Crippen LogP contribution in [0.5, 0.6) is 0 Å². The molecule has 0 bridgehead atoms. The molecule has 10 heteroatoms. The Labute approximate surface area is 190 Å². The molecule has 0 aromatic heterocycles. The predicted octanol–water partition coefficient (Wildman–Crippen LogP) is 5.51. The van der Waals surface area contributed by atoms with Gasteiger partial charge in [0.15, 0.2) is 0 Å². The van der Waals surface area contributed by atoms with Crippen molar-refractivity contribution in [1.29, 1.82) is 0 Å². The van der Waals surface area contributed by atoms with E-state index >= 15 is 0 Å². The van der Waals surface area contributed by atoms with Gasteiger partial charge in [0, 0.05) is 19.3 Å². The monoisotopic (exact) mass is 551 g/mol. The number of hydrogen-bond acceptors (Lipinski definition) is 5. The van der Waals surface area contributed by atoms with Crippen LogP contribution in [0.25, 0.3) is 0 Å². The fourth-order valence-electron chi connectivity index (χ4n) is 3.19. The quantitative estimate of drug-likeness (QED) is 0.364. The number of allylic oxidation sites excluding steroid dienone is 1. The van der Waals surface area contributed by atoms with Gasteiger partial charge in [0.2, 0.25) is 0 Å². The summed E-state index contributed by atoms with van der Waals surface area (Å²) < 4.78 is 62.5. The number of benzene rings is 2. The largest absolute Gasteiger partial charge is 0.501 e. The van der Waals surface area contributed by atoms with Gasteiger partial charge in [0.05, 0.1) is 22.0 Å². The summed E-state index contributed by atoms with van der Waals surface area (Å²) in [5.74, 6) is 0.714. The first-order chi connectivity index (χ1) is 13.7. The van der Waals surface area contributed by atoms with E-state index in [1.807, 2.05) is 49.1 Å². The Balaban J connectivity index is 0.00000320. The molecule has 30 heavy (non-hydrogen) atoms. The lowest BCUT2D eigenvalue weighted by atomic mass is 10.2. The van der Waals surface area contributed by atoms with E-state index in [1.165, 1.54) is 6.07 Å². The van der Waals surface area contributed by atoms with E-state index in [4.69, 9.17) is 0 Å². The zero-order valence-corrected chi connectivity index (χ0v) is 19.4. The lowest BCUT2D eigenvalue weighted by molar-refractivity contribution is -0.0435. The third-order valence-corrected chi connectivity index (χ3v) is 6.02. The van der Waals surface area contributed by atoms with Gasteiger partial charge in [-0.1, -0.05) is 18.2 Å². The summed E-state index contributed by atoms with van der Waals surface area (Å²) in [7, 11) is -5.42. The van der Waals surface area contributed by atoms with Gasteiger partial charge in [-0.05, 0) is 50.3 Å². The van der Waals surface area contributed by atoms with Gasteiger partial charge in [-0.25, -0.2) is 8.42 Å². The van der Waals surface area contributed by atoms with Crippen LogP contribution in [0.4, 0.5) is 30.2 Å². The number of fused-ring (bicyclic) bond motifs is 1. The first kappa shape index (κ1) is 24.2. The van der Waals surface area contributed by atoms with Gasteiger partial charge in [0.25, 0.3) is 9.84 Å². The molecule has 162 valence electrons. The van der Waals surface area contributed by atoms with Crippen molar-refractivity contribution in [3.05, 3.63) is 60.4 Å². The number of hydrogen-bond donors (Lipinski definition) is 0. The van der Waals surface area contributed by atoms with Crippen molar-refractivity contribution >= 4 is 57.1 Å². The Morgan fingerprint density at radius 3 is 2.13 bits per heavy atom. The minimum atomic E-state index is -5.42. The van der Waals surface area contributed by atoms with E-state index in [9.17, 15) is 21.6 Å². The second kappa shape index (κ2) is 9.38. The summed E-state index contributed by atoms with van der Waals surface area (Å²) in [5, 5.41) is 0. The Hall–Kier alpha value is -2.08. The van der Waals surface area contributed by atoms with Crippen LogP contribution in [-0.2, 0) is 9.84 Å². The summed E-state index contributed by atoms with van der Waals surface area (Å²) in [6.07, 6.45) is 3.38. The molecule has 2 aromatic carbocycles. The molecule has 0 spiro atoms. The van der Waals surface area contributed by atoms with Crippen LogP contribution >= 0.6 is 24.0 Å². The lowest BCUT2D eigenvalue weighted by Crippen LogP contribution is -2.28. The van der Waals surface area contributed by atoms with Crippen molar-refractivity contribution in [3.8, 4) is 0 Å². The zero-order chi connectivity index (χ0) is 21.2. The molecule has 2 aromatic rings. The molecule has 1 aliphatic heterocycles. The van der Waals surface area contributed by atoms with Crippen molar-refractivity contribution in [1.82, 2.24) is 0 Å². The van der Waals surface area contributed by atoms with E-state index in [0.717, 1.165) is 17.8 Å². The van der Waals surface area contributed by atoms with Crippen molar-refractivity contribution in [3.63, 3.8) is 0 Å². The molecule has 0 amide bonds. The molecule has 0 aliphatic carbocycles. The molecule has 5 nitrogen and oxygen atoms in total. The van der Waals surface area contributed by atoms with Crippen LogP contribution < -0.4 is 9.80 Å². The van der Waals surface area contributed by atoms with Crippen molar-refractivity contribution in [2.45, 2.75) is 24.3 Å². The standard InChI is InChI=1S/C20H20F3N3O2S.HI/c1-3-25-17-11-10-16(29(27,28)20(21,22)23)14-18(17)26(4-2)19(25)12-13-24-15-8-6-5-7-9-15;/h5-14H,3-4H2,1-2H3;1H. The number of aliphatic imine (C=N–C) groups is 1. The number of alkyl halides is 3. The Morgan fingerprint density at radius 2 is 1.57 bits per heavy atom. The molecule has 0 saturated carbocycles. The smallest absolute Gasteiger partial charge is 0.326 e. The van der Waals surface area contributed by atoms with Crippen LogP contribution in [-0.4, -0.2) is 33.2 Å². The normalized spacial score (nSPS) is 15.6. The summed E-state index contributed by atoms with van der Waals surface area (Å²) in [5.41, 5.74) is -3.51. The van der Waals surface area contributed by atoms with Gasteiger partial charge in [-0.3, -0.25) is 4.99 Å². The van der Waals surface area contributed by atoms with E-state index in [1.54, 1.807) is 17.2 Å². The van der Waals surface area contributed by atoms with Gasteiger partial charge in [0.1, 0.15) is 5.82 Å². The van der Waals surface area contributed by atoms with Gasteiger partial charge in [-0.2, -0.15) is 13.2 Å². The molecular formula is C20H21F3IN3O2S. The van der Waals surface area contributed by atoms with E-state index in [2.05, 4.69) is 4.99 Å². The lowest BCUT2D eigenvalue weighted by Gasteiger charge is -2.22. The number of nitrogens with zero attached hydrogens (tertiary/aromatic N) is 3. The molecule has 0 N–H and O–H groups in total. The van der Waals surface area contributed by atoms with Gasteiger partial charge in [-0.15, -0.1) is 24.0 Å². The predicted molar refractivity (Wildman–Crippen MR) is 124 cm³/mol. The highest BCUT2D eigenvalue weighted by molar-refractivity contribution is 14.0.